The fourth-order valence-corrected chi connectivity index (χ4v) is 3.86. The van der Waals surface area contributed by atoms with Crippen LogP contribution in [0.5, 0.6) is 17.2 Å². The van der Waals surface area contributed by atoms with Crippen molar-refractivity contribution < 1.29 is 23.9 Å². The number of quaternary nitrogens is 1. The highest BCUT2D eigenvalue weighted by molar-refractivity contribution is 5.92. The Morgan fingerprint density at radius 2 is 1.96 bits per heavy atom. The number of para-hydroxylation sites is 2. The van der Waals surface area contributed by atoms with Gasteiger partial charge in [0, 0.05) is 18.9 Å². The molecular weight excluding hydrogens is 356 g/mol. The summed E-state index contributed by atoms with van der Waals surface area (Å²) >= 11 is 0. The van der Waals surface area contributed by atoms with Crippen LogP contribution < -0.4 is 24.4 Å². The minimum absolute atomic E-state index is 0.0125. The van der Waals surface area contributed by atoms with Gasteiger partial charge in [0.15, 0.2) is 6.54 Å². The van der Waals surface area contributed by atoms with E-state index in [1.54, 1.807) is 14.2 Å². The standard InChI is InChI=1S/C22H28N2O4/c1-4-28-20-10-6-5-8-18(20)23-22(25)15-24-13-7-9-19(24)17-12-11-16(26-2)14-21(17)27-3/h5-6,8,10-12,14,19H,4,7,9,13,15H2,1-3H3,(H,23,25)/p+1/t19-/m1/s1. The molecular formula is C22H29N2O4+. The number of methoxy groups -OCH3 is 2. The maximum atomic E-state index is 12.7. The number of anilines is 1. The second kappa shape index (κ2) is 9.46. The van der Waals surface area contributed by atoms with Crippen LogP contribution in [0.15, 0.2) is 42.5 Å². The van der Waals surface area contributed by atoms with Gasteiger partial charge in [-0.1, -0.05) is 12.1 Å². The Balaban J connectivity index is 1.71. The average molecular weight is 385 g/mol. The fourth-order valence-electron chi connectivity index (χ4n) is 3.86. The lowest BCUT2D eigenvalue weighted by molar-refractivity contribution is -0.910. The van der Waals surface area contributed by atoms with Gasteiger partial charge in [0.2, 0.25) is 0 Å². The van der Waals surface area contributed by atoms with Gasteiger partial charge in [-0.2, -0.15) is 0 Å². The van der Waals surface area contributed by atoms with Crippen molar-refractivity contribution in [1.29, 1.82) is 0 Å². The highest BCUT2D eigenvalue weighted by Crippen LogP contribution is 2.31. The van der Waals surface area contributed by atoms with Crippen molar-refractivity contribution in [3.63, 3.8) is 0 Å². The highest BCUT2D eigenvalue weighted by atomic mass is 16.5. The summed E-state index contributed by atoms with van der Waals surface area (Å²) in [7, 11) is 3.32. The molecule has 1 aliphatic heterocycles. The third kappa shape index (κ3) is 4.57. The van der Waals surface area contributed by atoms with Gasteiger partial charge in [-0.15, -0.1) is 0 Å². The van der Waals surface area contributed by atoms with E-state index in [2.05, 4.69) is 11.4 Å². The SMILES string of the molecule is CCOc1ccccc1NC(=O)C[NH+]1CCC[C@@H]1c1ccc(OC)cc1OC. The van der Waals surface area contributed by atoms with E-state index >= 15 is 0 Å². The molecule has 1 heterocycles. The first-order valence-electron chi connectivity index (χ1n) is 9.74. The van der Waals surface area contributed by atoms with E-state index in [1.807, 2.05) is 43.3 Å². The van der Waals surface area contributed by atoms with Gasteiger partial charge in [0.25, 0.3) is 5.91 Å². The maximum Gasteiger partial charge on any atom is 0.279 e. The fraction of sp³-hybridized carbons (Fsp3) is 0.409. The largest absolute Gasteiger partial charge is 0.497 e. The molecule has 2 aromatic rings. The second-order valence-electron chi connectivity index (χ2n) is 6.87. The molecule has 0 radical (unpaired) electrons. The summed E-state index contributed by atoms with van der Waals surface area (Å²) in [5.74, 6) is 2.26. The van der Waals surface area contributed by atoms with Crippen LogP contribution >= 0.6 is 0 Å². The van der Waals surface area contributed by atoms with Crippen molar-refractivity contribution in [2.75, 3.05) is 39.2 Å². The monoisotopic (exact) mass is 385 g/mol. The molecule has 0 bridgehead atoms. The number of amides is 1. The maximum absolute atomic E-state index is 12.7. The van der Waals surface area contributed by atoms with Gasteiger partial charge in [0.1, 0.15) is 23.3 Å². The van der Waals surface area contributed by atoms with Crippen molar-refractivity contribution in [3.8, 4) is 17.2 Å². The van der Waals surface area contributed by atoms with E-state index in [1.165, 1.54) is 4.90 Å². The first kappa shape index (κ1) is 20.0. The number of hydrogen-bond donors (Lipinski definition) is 2. The van der Waals surface area contributed by atoms with E-state index in [0.717, 1.165) is 36.4 Å². The van der Waals surface area contributed by atoms with Crippen molar-refractivity contribution in [2.45, 2.75) is 25.8 Å². The van der Waals surface area contributed by atoms with Crippen molar-refractivity contribution in [3.05, 3.63) is 48.0 Å². The minimum Gasteiger partial charge on any atom is -0.497 e. The molecule has 1 unspecified atom stereocenters. The number of rotatable bonds is 8. The predicted octanol–water partition coefficient (Wildman–Crippen LogP) is 2.46. The normalized spacial score (nSPS) is 18.5. The Morgan fingerprint density at radius 3 is 2.71 bits per heavy atom. The minimum atomic E-state index is -0.0125. The molecule has 2 N–H and O–H groups in total. The summed E-state index contributed by atoms with van der Waals surface area (Å²) < 4.78 is 16.5. The van der Waals surface area contributed by atoms with Gasteiger partial charge in [-0.05, 0) is 31.2 Å². The lowest BCUT2D eigenvalue weighted by Gasteiger charge is -2.23. The number of nitrogens with one attached hydrogen (secondary N) is 2. The summed E-state index contributed by atoms with van der Waals surface area (Å²) in [6.07, 6.45) is 2.11. The predicted molar refractivity (Wildman–Crippen MR) is 108 cm³/mol. The molecule has 0 aromatic heterocycles. The second-order valence-corrected chi connectivity index (χ2v) is 6.87. The Kier molecular flexibility index (Phi) is 6.76. The Labute approximate surface area is 166 Å². The number of benzene rings is 2. The number of carbonyl (C=O) groups excluding carboxylic acids is 1. The highest BCUT2D eigenvalue weighted by Gasteiger charge is 2.33. The molecule has 6 nitrogen and oxygen atoms in total. The van der Waals surface area contributed by atoms with Gasteiger partial charge in [0.05, 0.1) is 38.6 Å². The topological polar surface area (TPSA) is 61.2 Å². The molecule has 1 aliphatic rings. The Bertz CT molecular complexity index is 809. The smallest absolute Gasteiger partial charge is 0.279 e. The van der Waals surface area contributed by atoms with Gasteiger partial charge >= 0.3 is 0 Å². The van der Waals surface area contributed by atoms with Crippen LogP contribution in [0.25, 0.3) is 0 Å². The summed E-state index contributed by atoms with van der Waals surface area (Å²) in [6.45, 7) is 3.85. The first-order chi connectivity index (χ1) is 13.7. The third-order valence-electron chi connectivity index (χ3n) is 5.15. The van der Waals surface area contributed by atoms with Crippen LogP contribution in [0.3, 0.4) is 0 Å². The quantitative estimate of drug-likeness (QED) is 0.733. The first-order valence-corrected chi connectivity index (χ1v) is 9.74. The lowest BCUT2D eigenvalue weighted by atomic mass is 10.0. The lowest BCUT2D eigenvalue weighted by Crippen LogP contribution is -3.11. The molecule has 2 atom stereocenters. The molecule has 3 rings (SSSR count). The third-order valence-corrected chi connectivity index (χ3v) is 5.15. The molecule has 6 heteroatoms. The molecule has 28 heavy (non-hydrogen) atoms. The Hall–Kier alpha value is -2.73. The number of hydrogen-bond acceptors (Lipinski definition) is 4. The molecule has 1 saturated heterocycles. The summed E-state index contributed by atoms with van der Waals surface area (Å²) in [6, 6.07) is 13.7. The van der Waals surface area contributed by atoms with Gasteiger partial charge in [-0.25, -0.2) is 0 Å². The van der Waals surface area contributed by atoms with E-state index in [-0.39, 0.29) is 11.9 Å². The van der Waals surface area contributed by atoms with Crippen molar-refractivity contribution in [2.24, 2.45) is 0 Å². The Morgan fingerprint density at radius 1 is 1.14 bits per heavy atom. The van der Waals surface area contributed by atoms with Gasteiger partial charge < -0.3 is 24.4 Å². The summed E-state index contributed by atoms with van der Waals surface area (Å²) in [5.41, 5.74) is 1.84. The van der Waals surface area contributed by atoms with Crippen LogP contribution in [0.1, 0.15) is 31.4 Å². The molecule has 1 fully saturated rings. The average Bonchev–Trinajstić information content (AvgIpc) is 3.16. The number of carbonyl (C=O) groups is 1. The molecule has 150 valence electrons. The molecule has 2 aromatic carbocycles. The molecule has 0 aliphatic carbocycles. The zero-order chi connectivity index (χ0) is 19.9. The van der Waals surface area contributed by atoms with Crippen molar-refractivity contribution >= 4 is 11.6 Å². The summed E-state index contributed by atoms with van der Waals surface area (Å²) in [5, 5.41) is 3.01. The van der Waals surface area contributed by atoms with E-state index in [4.69, 9.17) is 14.2 Å². The molecule has 0 spiro atoms. The van der Waals surface area contributed by atoms with Gasteiger partial charge in [-0.3, -0.25) is 4.79 Å². The number of ether oxygens (including phenoxy) is 3. The van der Waals surface area contributed by atoms with Crippen LogP contribution in [0.2, 0.25) is 0 Å². The van der Waals surface area contributed by atoms with E-state index in [9.17, 15) is 4.79 Å². The van der Waals surface area contributed by atoms with E-state index < -0.39 is 0 Å². The zero-order valence-electron chi connectivity index (χ0n) is 16.8. The van der Waals surface area contributed by atoms with Crippen LogP contribution in [-0.4, -0.2) is 39.8 Å². The van der Waals surface area contributed by atoms with Crippen molar-refractivity contribution in [1.82, 2.24) is 0 Å². The van der Waals surface area contributed by atoms with Crippen LogP contribution in [-0.2, 0) is 4.79 Å². The van der Waals surface area contributed by atoms with Crippen LogP contribution in [0.4, 0.5) is 5.69 Å². The van der Waals surface area contributed by atoms with Crippen LogP contribution in [0, 0.1) is 0 Å². The zero-order valence-corrected chi connectivity index (χ0v) is 16.8. The van der Waals surface area contributed by atoms with E-state index in [0.29, 0.717) is 24.6 Å². The molecule has 0 saturated carbocycles. The number of likely N-dealkylation sites (tertiary alicyclic amines) is 1. The summed E-state index contributed by atoms with van der Waals surface area (Å²) in [4.78, 5) is 14.0. The molecule has 1 amide bonds.